The van der Waals surface area contributed by atoms with Crippen molar-refractivity contribution in [2.45, 2.75) is 26.5 Å². The lowest BCUT2D eigenvalue weighted by Gasteiger charge is -2.13. The van der Waals surface area contributed by atoms with Crippen LogP contribution in [0.1, 0.15) is 28.6 Å². The molecule has 0 aliphatic rings. The fourth-order valence-corrected chi connectivity index (χ4v) is 1.96. The van der Waals surface area contributed by atoms with Gasteiger partial charge in [0.2, 0.25) is 0 Å². The first-order valence-corrected chi connectivity index (χ1v) is 7.17. The molecule has 122 valence electrons. The molecule has 1 atom stereocenters. The summed E-state index contributed by atoms with van der Waals surface area (Å²) < 4.78 is 15.5. The number of carbonyl (C=O) groups excluding carboxylic acids is 2. The Morgan fingerprint density at radius 3 is 2.74 bits per heavy atom. The smallest absolute Gasteiger partial charge is 0.339 e. The molecule has 1 amide bonds. The topological polar surface area (TPSA) is 77.8 Å². The van der Waals surface area contributed by atoms with E-state index in [0.29, 0.717) is 17.1 Å². The van der Waals surface area contributed by atoms with Gasteiger partial charge in [-0.05, 0) is 43.7 Å². The van der Waals surface area contributed by atoms with E-state index in [-0.39, 0.29) is 6.54 Å². The Morgan fingerprint density at radius 2 is 2.09 bits per heavy atom. The number of furan rings is 1. The molecule has 1 aromatic carbocycles. The Bertz CT molecular complexity index is 678. The van der Waals surface area contributed by atoms with Gasteiger partial charge in [-0.15, -0.1) is 0 Å². The quantitative estimate of drug-likeness (QED) is 0.828. The molecule has 0 aliphatic carbocycles. The van der Waals surface area contributed by atoms with Crippen molar-refractivity contribution in [3.05, 3.63) is 53.5 Å². The number of esters is 1. The first-order chi connectivity index (χ1) is 11.0. The summed E-state index contributed by atoms with van der Waals surface area (Å²) in [6.07, 6.45) is 0.611. The molecule has 0 unspecified atom stereocenters. The van der Waals surface area contributed by atoms with E-state index in [9.17, 15) is 9.59 Å². The number of rotatable bonds is 6. The van der Waals surface area contributed by atoms with Crippen LogP contribution in [-0.2, 0) is 16.1 Å². The Balaban J connectivity index is 1.92. The van der Waals surface area contributed by atoms with Crippen molar-refractivity contribution in [3.8, 4) is 5.75 Å². The lowest BCUT2D eigenvalue weighted by Crippen LogP contribution is -2.35. The maximum absolute atomic E-state index is 12.1. The van der Waals surface area contributed by atoms with Crippen LogP contribution in [0.25, 0.3) is 0 Å². The summed E-state index contributed by atoms with van der Waals surface area (Å²) in [6.45, 7) is 3.63. The van der Waals surface area contributed by atoms with Crippen LogP contribution in [0.3, 0.4) is 0 Å². The zero-order valence-corrected chi connectivity index (χ0v) is 13.3. The zero-order valence-electron chi connectivity index (χ0n) is 13.3. The van der Waals surface area contributed by atoms with Gasteiger partial charge in [0.25, 0.3) is 5.91 Å². The number of benzene rings is 1. The van der Waals surface area contributed by atoms with Gasteiger partial charge in [0.15, 0.2) is 6.10 Å². The summed E-state index contributed by atoms with van der Waals surface area (Å²) in [4.78, 5) is 24.0. The van der Waals surface area contributed by atoms with Gasteiger partial charge in [-0.2, -0.15) is 0 Å². The van der Waals surface area contributed by atoms with E-state index in [1.54, 1.807) is 30.3 Å². The highest BCUT2D eigenvalue weighted by molar-refractivity contribution is 5.92. The number of hydrogen-bond donors (Lipinski definition) is 1. The Hall–Kier alpha value is -2.76. The third kappa shape index (κ3) is 4.35. The van der Waals surface area contributed by atoms with Gasteiger partial charge in [0.05, 0.1) is 25.5 Å². The molecule has 0 aliphatic heterocycles. The SMILES string of the molecule is COc1cc(C(=O)O[C@H](C)C(=O)NCc2ccco2)ccc1C. The van der Waals surface area contributed by atoms with Gasteiger partial charge in [-0.1, -0.05) is 6.07 Å². The Morgan fingerprint density at radius 1 is 1.30 bits per heavy atom. The second-order valence-corrected chi connectivity index (χ2v) is 5.03. The number of methoxy groups -OCH3 is 1. The van der Waals surface area contributed by atoms with Crippen LogP contribution in [0.15, 0.2) is 41.0 Å². The third-order valence-corrected chi connectivity index (χ3v) is 3.31. The number of nitrogens with one attached hydrogen (secondary N) is 1. The van der Waals surface area contributed by atoms with E-state index in [2.05, 4.69) is 5.32 Å². The van der Waals surface area contributed by atoms with Crippen molar-refractivity contribution in [2.75, 3.05) is 7.11 Å². The van der Waals surface area contributed by atoms with Crippen LogP contribution in [-0.4, -0.2) is 25.1 Å². The van der Waals surface area contributed by atoms with E-state index in [1.807, 2.05) is 6.92 Å². The van der Waals surface area contributed by atoms with Crippen LogP contribution < -0.4 is 10.1 Å². The molecule has 1 aromatic heterocycles. The Kier molecular flexibility index (Phi) is 5.41. The van der Waals surface area contributed by atoms with Crippen molar-refractivity contribution in [3.63, 3.8) is 0 Å². The molecule has 2 aromatic rings. The number of amides is 1. The van der Waals surface area contributed by atoms with Gasteiger partial charge in [-0.25, -0.2) is 4.79 Å². The van der Waals surface area contributed by atoms with Gasteiger partial charge in [-0.3, -0.25) is 4.79 Å². The minimum atomic E-state index is -0.912. The lowest BCUT2D eigenvalue weighted by atomic mass is 10.1. The first-order valence-electron chi connectivity index (χ1n) is 7.17. The summed E-state index contributed by atoms with van der Waals surface area (Å²) in [6, 6.07) is 8.46. The van der Waals surface area contributed by atoms with Crippen LogP contribution in [0.5, 0.6) is 5.75 Å². The molecule has 0 fully saturated rings. The van der Waals surface area contributed by atoms with Crippen LogP contribution in [0.2, 0.25) is 0 Å². The standard InChI is InChI=1S/C17H19NO5/c1-11-6-7-13(9-15(11)21-3)17(20)23-12(2)16(19)18-10-14-5-4-8-22-14/h4-9,12H,10H2,1-3H3,(H,18,19)/t12-/m1/s1. The molecule has 0 spiro atoms. The highest BCUT2D eigenvalue weighted by Gasteiger charge is 2.19. The summed E-state index contributed by atoms with van der Waals surface area (Å²) >= 11 is 0. The second-order valence-electron chi connectivity index (χ2n) is 5.03. The van der Waals surface area contributed by atoms with Gasteiger partial charge >= 0.3 is 5.97 Å². The predicted octanol–water partition coefficient (Wildman–Crippen LogP) is 2.46. The molecular formula is C17H19NO5. The number of aryl methyl sites for hydroxylation is 1. The van der Waals surface area contributed by atoms with E-state index < -0.39 is 18.0 Å². The molecule has 1 N–H and O–H groups in total. The zero-order chi connectivity index (χ0) is 16.8. The molecule has 0 bridgehead atoms. The summed E-state index contributed by atoms with van der Waals surface area (Å²) in [5.41, 5.74) is 1.24. The molecule has 23 heavy (non-hydrogen) atoms. The number of carbonyl (C=O) groups is 2. The molecule has 2 rings (SSSR count). The average molecular weight is 317 g/mol. The normalized spacial score (nSPS) is 11.6. The molecular weight excluding hydrogens is 298 g/mol. The number of ether oxygens (including phenoxy) is 2. The summed E-state index contributed by atoms with van der Waals surface area (Å²) in [5.74, 6) is 0.243. The van der Waals surface area contributed by atoms with Crippen molar-refractivity contribution in [2.24, 2.45) is 0 Å². The third-order valence-electron chi connectivity index (χ3n) is 3.31. The fourth-order valence-electron chi connectivity index (χ4n) is 1.96. The summed E-state index contributed by atoms with van der Waals surface area (Å²) in [7, 11) is 1.53. The fraction of sp³-hybridized carbons (Fsp3) is 0.294. The van der Waals surface area contributed by atoms with Crippen LogP contribution >= 0.6 is 0 Å². The molecule has 0 radical (unpaired) electrons. The number of hydrogen-bond acceptors (Lipinski definition) is 5. The average Bonchev–Trinajstić information content (AvgIpc) is 3.06. The molecule has 0 saturated heterocycles. The van der Waals surface area contributed by atoms with Crippen molar-refractivity contribution in [1.82, 2.24) is 5.32 Å². The van der Waals surface area contributed by atoms with Gasteiger partial charge in [0.1, 0.15) is 11.5 Å². The van der Waals surface area contributed by atoms with Gasteiger partial charge in [0, 0.05) is 0 Å². The molecule has 0 saturated carbocycles. The minimum Gasteiger partial charge on any atom is -0.496 e. The van der Waals surface area contributed by atoms with Crippen molar-refractivity contribution < 1.29 is 23.5 Å². The van der Waals surface area contributed by atoms with Gasteiger partial charge < -0.3 is 19.2 Å². The van der Waals surface area contributed by atoms with E-state index in [4.69, 9.17) is 13.9 Å². The van der Waals surface area contributed by atoms with Crippen LogP contribution in [0.4, 0.5) is 0 Å². The molecule has 6 heteroatoms. The predicted molar refractivity (Wildman–Crippen MR) is 83.2 cm³/mol. The molecule has 6 nitrogen and oxygen atoms in total. The monoisotopic (exact) mass is 317 g/mol. The lowest BCUT2D eigenvalue weighted by molar-refractivity contribution is -0.129. The molecule has 1 heterocycles. The first kappa shape index (κ1) is 16.6. The van der Waals surface area contributed by atoms with Crippen molar-refractivity contribution in [1.29, 1.82) is 0 Å². The maximum Gasteiger partial charge on any atom is 0.339 e. The Labute approximate surface area is 134 Å². The minimum absolute atomic E-state index is 0.242. The largest absolute Gasteiger partial charge is 0.496 e. The summed E-state index contributed by atoms with van der Waals surface area (Å²) in [5, 5.41) is 2.64. The van der Waals surface area contributed by atoms with E-state index in [1.165, 1.54) is 20.3 Å². The van der Waals surface area contributed by atoms with E-state index in [0.717, 1.165) is 5.56 Å². The van der Waals surface area contributed by atoms with Crippen LogP contribution in [0, 0.1) is 6.92 Å². The highest BCUT2D eigenvalue weighted by atomic mass is 16.5. The maximum atomic E-state index is 12.1. The second kappa shape index (κ2) is 7.49. The highest BCUT2D eigenvalue weighted by Crippen LogP contribution is 2.19. The van der Waals surface area contributed by atoms with E-state index >= 15 is 0 Å². The van der Waals surface area contributed by atoms with Crippen molar-refractivity contribution >= 4 is 11.9 Å².